The zero-order valence-corrected chi connectivity index (χ0v) is 27.6. The minimum absolute atomic E-state index is 0.0519. The Hall–Kier alpha value is -6.54. The van der Waals surface area contributed by atoms with Gasteiger partial charge in [0.1, 0.15) is 12.1 Å². The van der Waals surface area contributed by atoms with Crippen molar-refractivity contribution in [2.24, 2.45) is 0 Å². The molecule has 4 amide bonds. The number of aryl methyl sites for hydroxylation is 2. The number of hydrogen-bond acceptors (Lipinski definition) is 4. The maximum atomic E-state index is 14.2. The highest BCUT2D eigenvalue weighted by Gasteiger charge is 2.29. The molecule has 8 heteroatoms. The normalized spacial score (nSPS) is 12.0. The molecular formula is C42H36N4O4. The number of carbonyl (C=O) groups is 4. The molecule has 6 aromatic carbocycles. The van der Waals surface area contributed by atoms with Crippen molar-refractivity contribution in [1.29, 1.82) is 0 Å². The molecule has 0 saturated carbocycles. The summed E-state index contributed by atoms with van der Waals surface area (Å²) in [4.78, 5) is 55.8. The van der Waals surface area contributed by atoms with Gasteiger partial charge in [0.15, 0.2) is 0 Å². The fourth-order valence-corrected chi connectivity index (χ4v) is 5.63. The summed E-state index contributed by atoms with van der Waals surface area (Å²) in [5, 5.41) is 13.0. The van der Waals surface area contributed by atoms with Crippen molar-refractivity contribution < 1.29 is 19.2 Å². The molecule has 0 spiro atoms. The summed E-state index contributed by atoms with van der Waals surface area (Å²) < 4.78 is 0. The highest BCUT2D eigenvalue weighted by molar-refractivity contribution is 6.13. The van der Waals surface area contributed by atoms with Gasteiger partial charge in [0.25, 0.3) is 23.6 Å². The quantitative estimate of drug-likeness (QED) is 0.121. The average Bonchev–Trinajstić information content (AvgIpc) is 3.14. The molecule has 0 saturated heterocycles. The van der Waals surface area contributed by atoms with Crippen molar-refractivity contribution in [3.05, 3.63) is 179 Å². The number of amides is 4. The largest absolute Gasteiger partial charge is 0.336 e. The third-order valence-electron chi connectivity index (χ3n) is 8.35. The monoisotopic (exact) mass is 660 g/mol. The average molecular weight is 661 g/mol. The molecule has 0 unspecified atom stereocenters. The second-order valence-corrected chi connectivity index (χ2v) is 12.1. The molecule has 0 aliphatic carbocycles. The molecule has 50 heavy (non-hydrogen) atoms. The lowest BCUT2D eigenvalue weighted by atomic mass is 9.97. The second kappa shape index (κ2) is 15.1. The standard InChI is InChI=1S/C42H36N4O4/c1-27-17-21-33(22-18-27)43-41(49)37(29-11-5-3-6-12-29)45-39(47)35-25-31-15-9-10-16-32(31)26-36(35)40(48)46-38(30-13-7-4-8-14-30)42(50)44-34-23-19-28(2)20-24-34/h3-26,37-38H,1-2H3,(H,43,49)(H,44,50)(H,45,47)(H,46,48)/t37-,38-/m0/s1. The van der Waals surface area contributed by atoms with Crippen LogP contribution < -0.4 is 21.3 Å². The van der Waals surface area contributed by atoms with E-state index in [0.717, 1.165) is 21.9 Å². The van der Waals surface area contributed by atoms with Crippen LogP contribution in [0.15, 0.2) is 146 Å². The van der Waals surface area contributed by atoms with Crippen molar-refractivity contribution in [3.8, 4) is 0 Å². The Balaban J connectivity index is 1.33. The molecule has 8 nitrogen and oxygen atoms in total. The van der Waals surface area contributed by atoms with E-state index in [1.807, 2.05) is 74.5 Å². The highest BCUT2D eigenvalue weighted by atomic mass is 16.2. The Morgan fingerprint density at radius 2 is 0.780 bits per heavy atom. The fourth-order valence-electron chi connectivity index (χ4n) is 5.63. The number of carbonyl (C=O) groups excluding carboxylic acids is 4. The molecule has 4 N–H and O–H groups in total. The summed E-state index contributed by atoms with van der Waals surface area (Å²) in [5.41, 5.74) is 4.48. The molecule has 0 heterocycles. The molecule has 0 bridgehead atoms. The van der Waals surface area contributed by atoms with Crippen molar-refractivity contribution in [1.82, 2.24) is 10.6 Å². The number of hydrogen-bond donors (Lipinski definition) is 4. The number of benzene rings is 6. The van der Waals surface area contributed by atoms with Gasteiger partial charge < -0.3 is 21.3 Å². The molecular weight excluding hydrogens is 624 g/mol. The first-order valence-corrected chi connectivity index (χ1v) is 16.2. The third kappa shape index (κ3) is 7.94. The summed E-state index contributed by atoms with van der Waals surface area (Å²) in [6, 6.07) is 41.0. The summed E-state index contributed by atoms with van der Waals surface area (Å²) in [6.07, 6.45) is 0. The molecule has 6 aromatic rings. The Labute approximate surface area is 290 Å². The van der Waals surface area contributed by atoms with Gasteiger partial charge in [-0.15, -0.1) is 0 Å². The van der Waals surface area contributed by atoms with Crippen LogP contribution in [0.4, 0.5) is 11.4 Å². The van der Waals surface area contributed by atoms with E-state index >= 15 is 0 Å². The van der Waals surface area contributed by atoms with Gasteiger partial charge in [0.2, 0.25) is 0 Å². The zero-order chi connectivity index (χ0) is 35.0. The van der Waals surface area contributed by atoms with Crippen molar-refractivity contribution >= 4 is 45.8 Å². The summed E-state index contributed by atoms with van der Waals surface area (Å²) >= 11 is 0. The van der Waals surface area contributed by atoms with E-state index in [4.69, 9.17) is 0 Å². The first-order chi connectivity index (χ1) is 24.2. The van der Waals surface area contributed by atoms with Crippen molar-refractivity contribution in [2.75, 3.05) is 10.6 Å². The van der Waals surface area contributed by atoms with Gasteiger partial charge >= 0.3 is 0 Å². The van der Waals surface area contributed by atoms with Crippen LogP contribution in [0.3, 0.4) is 0 Å². The molecule has 2 atom stereocenters. The zero-order valence-electron chi connectivity index (χ0n) is 27.6. The van der Waals surface area contributed by atoms with Gasteiger partial charge in [-0.2, -0.15) is 0 Å². The third-order valence-corrected chi connectivity index (χ3v) is 8.35. The molecule has 248 valence electrons. The molecule has 6 rings (SSSR count). The molecule has 0 aromatic heterocycles. The predicted octanol–water partition coefficient (Wildman–Crippen LogP) is 7.68. The van der Waals surface area contributed by atoms with Crippen LogP contribution >= 0.6 is 0 Å². The summed E-state index contributed by atoms with van der Waals surface area (Å²) in [6.45, 7) is 3.91. The Morgan fingerprint density at radius 1 is 0.440 bits per heavy atom. The van der Waals surface area contributed by atoms with Gasteiger partial charge in [-0.1, -0.05) is 120 Å². The maximum Gasteiger partial charge on any atom is 0.253 e. The molecule has 0 aliphatic heterocycles. The van der Waals surface area contributed by atoms with E-state index in [0.29, 0.717) is 22.5 Å². The van der Waals surface area contributed by atoms with Crippen LogP contribution in [0.1, 0.15) is 55.1 Å². The van der Waals surface area contributed by atoms with E-state index in [1.165, 1.54) is 0 Å². The number of anilines is 2. The number of fused-ring (bicyclic) bond motifs is 1. The molecule has 0 radical (unpaired) electrons. The van der Waals surface area contributed by atoms with Gasteiger partial charge in [0, 0.05) is 11.4 Å². The number of rotatable bonds is 10. The maximum absolute atomic E-state index is 14.2. The lowest BCUT2D eigenvalue weighted by Crippen LogP contribution is -2.40. The SMILES string of the molecule is Cc1ccc(NC(=O)[C@@H](NC(=O)c2cc3ccccc3cc2C(=O)N[C@H](C(=O)Nc2ccc(C)cc2)c2ccccc2)c2ccccc2)cc1. The first kappa shape index (κ1) is 33.4. The highest BCUT2D eigenvalue weighted by Crippen LogP contribution is 2.25. The van der Waals surface area contributed by atoms with E-state index in [9.17, 15) is 19.2 Å². The Kier molecular flexibility index (Phi) is 10.1. The smallest absolute Gasteiger partial charge is 0.253 e. The first-order valence-electron chi connectivity index (χ1n) is 16.2. The minimum Gasteiger partial charge on any atom is -0.336 e. The van der Waals surface area contributed by atoms with E-state index in [1.54, 1.807) is 84.9 Å². The van der Waals surface area contributed by atoms with E-state index in [-0.39, 0.29) is 11.1 Å². The molecule has 0 aliphatic rings. The van der Waals surface area contributed by atoms with Crippen LogP contribution in [-0.2, 0) is 9.59 Å². The fraction of sp³-hybridized carbons (Fsp3) is 0.0952. The van der Waals surface area contributed by atoms with Crippen LogP contribution in [0.5, 0.6) is 0 Å². The van der Waals surface area contributed by atoms with Crippen molar-refractivity contribution in [2.45, 2.75) is 25.9 Å². The molecule has 0 fully saturated rings. The lowest BCUT2D eigenvalue weighted by Gasteiger charge is -2.22. The van der Waals surface area contributed by atoms with Gasteiger partial charge in [0.05, 0.1) is 11.1 Å². The van der Waals surface area contributed by atoms with Gasteiger partial charge in [-0.3, -0.25) is 19.2 Å². The minimum atomic E-state index is -1.08. The second-order valence-electron chi connectivity index (χ2n) is 12.1. The van der Waals surface area contributed by atoms with Crippen LogP contribution in [0.25, 0.3) is 10.8 Å². The predicted molar refractivity (Wildman–Crippen MR) is 197 cm³/mol. The van der Waals surface area contributed by atoms with E-state index in [2.05, 4.69) is 21.3 Å². The number of nitrogens with one attached hydrogen (secondary N) is 4. The van der Waals surface area contributed by atoms with E-state index < -0.39 is 35.7 Å². The van der Waals surface area contributed by atoms with Crippen LogP contribution in [0, 0.1) is 13.8 Å². The lowest BCUT2D eigenvalue weighted by molar-refractivity contribution is -0.118. The summed E-state index contributed by atoms with van der Waals surface area (Å²) in [7, 11) is 0. The van der Waals surface area contributed by atoms with Gasteiger partial charge in [-0.05, 0) is 72.1 Å². The van der Waals surface area contributed by atoms with Gasteiger partial charge in [-0.25, -0.2) is 0 Å². The van der Waals surface area contributed by atoms with Crippen LogP contribution in [-0.4, -0.2) is 23.6 Å². The Morgan fingerprint density at radius 3 is 1.14 bits per heavy atom. The van der Waals surface area contributed by atoms with Crippen LogP contribution in [0.2, 0.25) is 0 Å². The Bertz CT molecular complexity index is 1990. The van der Waals surface area contributed by atoms with Crippen molar-refractivity contribution in [3.63, 3.8) is 0 Å². The topological polar surface area (TPSA) is 116 Å². The summed E-state index contributed by atoms with van der Waals surface area (Å²) in [5.74, 6) is -2.16.